The summed E-state index contributed by atoms with van der Waals surface area (Å²) in [6.45, 7) is 6.75. The number of nitrogens with zero attached hydrogens (tertiary/aromatic N) is 2. The maximum absolute atomic E-state index is 11.7. The lowest BCUT2D eigenvalue weighted by atomic mass is 10.1. The van der Waals surface area contributed by atoms with E-state index in [2.05, 4.69) is 14.9 Å². The van der Waals surface area contributed by atoms with Crippen LogP contribution in [0.5, 0.6) is 5.75 Å². The van der Waals surface area contributed by atoms with E-state index in [0.29, 0.717) is 22.9 Å². The first-order valence-corrected chi connectivity index (χ1v) is 8.64. The van der Waals surface area contributed by atoms with Gasteiger partial charge in [-0.1, -0.05) is 4.49 Å². The molecule has 0 aliphatic carbocycles. The van der Waals surface area contributed by atoms with E-state index in [1.807, 2.05) is 20.8 Å². The Labute approximate surface area is 151 Å². The molecule has 0 aliphatic rings. The van der Waals surface area contributed by atoms with Gasteiger partial charge in [0, 0.05) is 17.6 Å². The monoisotopic (exact) mass is 365 g/mol. The van der Waals surface area contributed by atoms with Gasteiger partial charge in [-0.2, -0.15) is 0 Å². The molecule has 25 heavy (non-hydrogen) atoms. The number of aliphatic hydroxyl groups excluding tert-OH is 1. The maximum atomic E-state index is 11.7. The molecular weight excluding hydrogens is 342 g/mol. The lowest BCUT2D eigenvalue weighted by Crippen LogP contribution is -2.42. The van der Waals surface area contributed by atoms with E-state index in [1.165, 1.54) is 7.11 Å². The van der Waals surface area contributed by atoms with Crippen LogP contribution in [0.1, 0.15) is 30.4 Å². The van der Waals surface area contributed by atoms with Crippen LogP contribution in [0.2, 0.25) is 0 Å². The number of esters is 1. The van der Waals surface area contributed by atoms with Crippen LogP contribution in [0.15, 0.2) is 24.3 Å². The zero-order valence-electron chi connectivity index (χ0n) is 14.8. The lowest BCUT2D eigenvalue weighted by molar-refractivity contribution is 0.0607. The van der Waals surface area contributed by atoms with Crippen LogP contribution in [0.25, 0.3) is 11.3 Å². The molecule has 1 atom stereocenters. The molecule has 0 amide bonds. The standard InChI is InChI=1S/C17H23N3O4S/c1-17(2,3)18-9-12(21)10-24-13-7-5-11(6-8-13)14-15(16(22)23-4)25-20-19-14/h5-8,12,18,21H,9-10H2,1-4H3. The van der Waals surface area contributed by atoms with Gasteiger partial charge in [-0.15, -0.1) is 5.10 Å². The first-order valence-electron chi connectivity index (χ1n) is 7.87. The summed E-state index contributed by atoms with van der Waals surface area (Å²) in [4.78, 5) is 12.1. The van der Waals surface area contributed by atoms with E-state index in [0.717, 1.165) is 17.1 Å². The third-order valence-electron chi connectivity index (χ3n) is 3.30. The van der Waals surface area contributed by atoms with Crippen molar-refractivity contribution < 1.29 is 19.4 Å². The summed E-state index contributed by atoms with van der Waals surface area (Å²) in [7, 11) is 1.32. The van der Waals surface area contributed by atoms with E-state index in [-0.39, 0.29) is 12.1 Å². The average Bonchev–Trinajstić information content (AvgIpc) is 3.07. The number of nitrogens with one attached hydrogen (secondary N) is 1. The van der Waals surface area contributed by atoms with Gasteiger partial charge in [0.15, 0.2) is 4.88 Å². The van der Waals surface area contributed by atoms with Crippen molar-refractivity contribution in [1.82, 2.24) is 14.9 Å². The molecule has 2 rings (SSSR count). The van der Waals surface area contributed by atoms with Crippen molar-refractivity contribution in [1.29, 1.82) is 0 Å². The maximum Gasteiger partial charge on any atom is 0.352 e. The SMILES string of the molecule is COC(=O)c1snnc1-c1ccc(OCC(O)CNC(C)(C)C)cc1. The number of carbonyl (C=O) groups excluding carboxylic acids is 1. The number of aliphatic hydroxyl groups is 1. The smallest absolute Gasteiger partial charge is 0.352 e. The Morgan fingerprint density at radius 2 is 2.00 bits per heavy atom. The molecule has 2 aromatic rings. The molecule has 136 valence electrons. The molecule has 0 fully saturated rings. The van der Waals surface area contributed by atoms with Gasteiger partial charge < -0.3 is 19.9 Å². The van der Waals surface area contributed by atoms with E-state index in [4.69, 9.17) is 9.47 Å². The van der Waals surface area contributed by atoms with Gasteiger partial charge >= 0.3 is 5.97 Å². The zero-order valence-corrected chi connectivity index (χ0v) is 15.6. The molecule has 0 aliphatic heterocycles. The number of benzene rings is 1. The molecule has 2 N–H and O–H groups in total. The van der Waals surface area contributed by atoms with Gasteiger partial charge in [-0.3, -0.25) is 0 Å². The molecule has 1 aromatic carbocycles. The first kappa shape index (κ1) is 19.3. The lowest BCUT2D eigenvalue weighted by Gasteiger charge is -2.22. The van der Waals surface area contributed by atoms with Gasteiger partial charge in [0.2, 0.25) is 0 Å². The normalized spacial score (nSPS) is 12.7. The van der Waals surface area contributed by atoms with Gasteiger partial charge in [0.05, 0.1) is 7.11 Å². The van der Waals surface area contributed by atoms with Crippen LogP contribution < -0.4 is 10.1 Å². The van der Waals surface area contributed by atoms with Crippen LogP contribution >= 0.6 is 11.5 Å². The highest BCUT2D eigenvalue weighted by Crippen LogP contribution is 2.26. The highest BCUT2D eigenvalue weighted by molar-refractivity contribution is 7.08. The van der Waals surface area contributed by atoms with Gasteiger partial charge in [0.1, 0.15) is 24.2 Å². The topological polar surface area (TPSA) is 93.6 Å². The molecule has 0 saturated heterocycles. The van der Waals surface area contributed by atoms with Crippen molar-refractivity contribution in [3.63, 3.8) is 0 Å². The van der Waals surface area contributed by atoms with Crippen LogP contribution in [0.4, 0.5) is 0 Å². The predicted molar refractivity (Wildman–Crippen MR) is 95.9 cm³/mol. The van der Waals surface area contributed by atoms with Gasteiger partial charge in [0.25, 0.3) is 0 Å². The molecule has 0 bridgehead atoms. The van der Waals surface area contributed by atoms with Crippen LogP contribution in [0, 0.1) is 0 Å². The summed E-state index contributed by atoms with van der Waals surface area (Å²) in [5.41, 5.74) is 1.18. The summed E-state index contributed by atoms with van der Waals surface area (Å²) in [6, 6.07) is 7.11. The molecule has 1 aromatic heterocycles. The number of hydrogen-bond acceptors (Lipinski definition) is 8. The number of ether oxygens (including phenoxy) is 2. The number of methoxy groups -OCH3 is 1. The molecule has 7 nitrogen and oxygen atoms in total. The minimum absolute atomic E-state index is 0.0540. The Morgan fingerprint density at radius 3 is 2.60 bits per heavy atom. The fourth-order valence-electron chi connectivity index (χ4n) is 1.99. The summed E-state index contributed by atoms with van der Waals surface area (Å²) in [5.74, 6) is 0.168. The second-order valence-corrected chi connectivity index (χ2v) is 7.32. The highest BCUT2D eigenvalue weighted by atomic mass is 32.1. The third-order valence-corrected chi connectivity index (χ3v) is 4.00. The van der Waals surface area contributed by atoms with Crippen LogP contribution in [-0.2, 0) is 4.74 Å². The fourth-order valence-corrected chi connectivity index (χ4v) is 2.60. The van der Waals surface area contributed by atoms with Gasteiger partial charge in [-0.25, -0.2) is 4.79 Å². The highest BCUT2D eigenvalue weighted by Gasteiger charge is 2.18. The predicted octanol–water partition coefficient (Wildman–Crippen LogP) is 2.12. The van der Waals surface area contributed by atoms with Crippen molar-refractivity contribution in [3.05, 3.63) is 29.1 Å². The van der Waals surface area contributed by atoms with E-state index in [9.17, 15) is 9.90 Å². The second-order valence-electron chi connectivity index (χ2n) is 6.56. The number of β-amino-alcohol motifs (C(OH)–C–C–N with tert-alkyl or cyclic N) is 1. The summed E-state index contributed by atoms with van der Waals surface area (Å²) in [5, 5.41) is 17.2. The average molecular weight is 365 g/mol. The summed E-state index contributed by atoms with van der Waals surface area (Å²) >= 11 is 0.996. The molecular formula is C17H23N3O4S. The fraction of sp³-hybridized carbons (Fsp3) is 0.471. The summed E-state index contributed by atoms with van der Waals surface area (Å²) in [6.07, 6.45) is -0.604. The van der Waals surface area contributed by atoms with Crippen molar-refractivity contribution in [2.45, 2.75) is 32.4 Å². The molecule has 0 spiro atoms. The molecule has 0 saturated carbocycles. The van der Waals surface area contributed by atoms with E-state index >= 15 is 0 Å². The molecule has 1 heterocycles. The zero-order chi connectivity index (χ0) is 18.4. The van der Waals surface area contributed by atoms with Crippen LogP contribution in [-0.4, -0.2) is 52.6 Å². The van der Waals surface area contributed by atoms with Crippen molar-refractivity contribution in [3.8, 4) is 17.0 Å². The Kier molecular flexibility index (Phi) is 6.46. The number of hydrogen-bond donors (Lipinski definition) is 2. The first-order chi connectivity index (χ1) is 11.8. The molecule has 0 radical (unpaired) electrons. The van der Waals surface area contributed by atoms with Gasteiger partial charge in [-0.05, 0) is 56.6 Å². The second kappa shape index (κ2) is 8.37. The number of rotatable bonds is 7. The molecule has 8 heteroatoms. The number of carbonyl (C=O) groups is 1. The Hall–Kier alpha value is -2.03. The Morgan fingerprint density at radius 1 is 1.32 bits per heavy atom. The van der Waals surface area contributed by atoms with Crippen LogP contribution in [0.3, 0.4) is 0 Å². The third kappa shape index (κ3) is 5.77. The molecule has 1 unspecified atom stereocenters. The van der Waals surface area contributed by atoms with Crippen molar-refractivity contribution in [2.24, 2.45) is 0 Å². The summed E-state index contributed by atoms with van der Waals surface area (Å²) < 4.78 is 14.1. The Balaban J connectivity index is 1.94. The van der Waals surface area contributed by atoms with Crippen molar-refractivity contribution in [2.75, 3.05) is 20.3 Å². The van der Waals surface area contributed by atoms with E-state index < -0.39 is 12.1 Å². The largest absolute Gasteiger partial charge is 0.491 e. The minimum Gasteiger partial charge on any atom is -0.491 e. The number of aromatic nitrogens is 2. The van der Waals surface area contributed by atoms with E-state index in [1.54, 1.807) is 24.3 Å². The minimum atomic E-state index is -0.604. The van der Waals surface area contributed by atoms with Crippen molar-refractivity contribution >= 4 is 17.5 Å². The Bertz CT molecular complexity index is 695. The quantitative estimate of drug-likeness (QED) is 0.726.